The summed E-state index contributed by atoms with van der Waals surface area (Å²) in [5.74, 6) is 0. The molecule has 0 fully saturated rings. The molecule has 0 aliphatic rings. The van der Waals surface area contributed by atoms with E-state index in [4.69, 9.17) is 0 Å². The van der Waals surface area contributed by atoms with Gasteiger partial charge in [0.05, 0.1) is 0 Å². The van der Waals surface area contributed by atoms with E-state index in [2.05, 4.69) is 90.3 Å². The van der Waals surface area contributed by atoms with Crippen LogP contribution in [0.3, 0.4) is 0 Å². The minimum absolute atomic E-state index is 0.404. The molecule has 0 amide bonds. The second kappa shape index (κ2) is 8.54. The van der Waals surface area contributed by atoms with Crippen LogP contribution in [-0.2, 0) is 12.8 Å². The Kier molecular flexibility index (Phi) is 6.71. The van der Waals surface area contributed by atoms with Gasteiger partial charge in [0, 0.05) is 9.61 Å². The summed E-state index contributed by atoms with van der Waals surface area (Å²) in [6, 6.07) is 18.1. The Hall–Kier alpha value is -0.870. The molecule has 2 aromatic rings. The maximum absolute atomic E-state index is 3.72. The highest BCUT2D eigenvalue weighted by Gasteiger charge is 2.14. The SMILES string of the molecule is CCCNC(Cc1ccc(I)cc1)c1ccccc1CC. The van der Waals surface area contributed by atoms with Crippen LogP contribution in [0.2, 0.25) is 0 Å². The molecule has 0 spiro atoms. The fourth-order valence-corrected chi connectivity index (χ4v) is 3.02. The molecule has 0 aliphatic heterocycles. The van der Waals surface area contributed by atoms with Gasteiger partial charge in [-0.05, 0) is 77.2 Å². The van der Waals surface area contributed by atoms with Gasteiger partial charge in [-0.2, -0.15) is 0 Å². The van der Waals surface area contributed by atoms with Crippen LogP contribution in [-0.4, -0.2) is 6.54 Å². The summed E-state index contributed by atoms with van der Waals surface area (Å²) >= 11 is 2.36. The van der Waals surface area contributed by atoms with Crippen LogP contribution in [0.15, 0.2) is 48.5 Å². The maximum atomic E-state index is 3.72. The molecule has 0 bridgehead atoms. The highest BCUT2D eigenvalue weighted by molar-refractivity contribution is 14.1. The third-order valence-corrected chi connectivity index (χ3v) is 4.52. The summed E-state index contributed by atoms with van der Waals surface area (Å²) in [6.45, 7) is 5.52. The van der Waals surface area contributed by atoms with Crippen LogP contribution in [0, 0.1) is 3.57 Å². The Labute approximate surface area is 142 Å². The van der Waals surface area contributed by atoms with Crippen LogP contribution in [0.4, 0.5) is 0 Å². The van der Waals surface area contributed by atoms with Gasteiger partial charge in [0.15, 0.2) is 0 Å². The lowest BCUT2D eigenvalue weighted by atomic mass is 9.93. The zero-order valence-electron chi connectivity index (χ0n) is 12.9. The quantitative estimate of drug-likeness (QED) is 0.643. The number of halogens is 1. The van der Waals surface area contributed by atoms with E-state index in [9.17, 15) is 0 Å². The first-order chi connectivity index (χ1) is 10.2. The molecule has 0 heterocycles. The van der Waals surface area contributed by atoms with Gasteiger partial charge in [0.1, 0.15) is 0 Å². The topological polar surface area (TPSA) is 12.0 Å². The Balaban J connectivity index is 2.23. The zero-order valence-corrected chi connectivity index (χ0v) is 15.1. The average Bonchev–Trinajstić information content (AvgIpc) is 2.53. The van der Waals surface area contributed by atoms with Crippen molar-refractivity contribution in [1.29, 1.82) is 0 Å². The van der Waals surface area contributed by atoms with Crippen molar-refractivity contribution in [1.82, 2.24) is 5.32 Å². The van der Waals surface area contributed by atoms with Crippen LogP contribution >= 0.6 is 22.6 Å². The first-order valence-corrected chi connectivity index (χ1v) is 8.88. The lowest BCUT2D eigenvalue weighted by Gasteiger charge is -2.22. The van der Waals surface area contributed by atoms with Crippen LogP contribution in [0.1, 0.15) is 43.0 Å². The maximum Gasteiger partial charge on any atom is 0.0363 e. The Morgan fingerprint density at radius 1 is 1.00 bits per heavy atom. The first kappa shape index (κ1) is 16.5. The van der Waals surface area contributed by atoms with E-state index in [0.29, 0.717) is 6.04 Å². The normalized spacial score (nSPS) is 12.3. The van der Waals surface area contributed by atoms with E-state index in [0.717, 1.165) is 25.8 Å². The monoisotopic (exact) mass is 393 g/mol. The van der Waals surface area contributed by atoms with E-state index < -0.39 is 0 Å². The van der Waals surface area contributed by atoms with Crippen molar-refractivity contribution in [2.75, 3.05) is 6.54 Å². The molecule has 0 radical (unpaired) electrons. The van der Waals surface area contributed by atoms with Crippen molar-refractivity contribution in [3.63, 3.8) is 0 Å². The Bertz CT molecular complexity index is 548. The lowest BCUT2D eigenvalue weighted by Crippen LogP contribution is -2.25. The molecular weight excluding hydrogens is 369 g/mol. The number of nitrogens with one attached hydrogen (secondary N) is 1. The van der Waals surface area contributed by atoms with Gasteiger partial charge >= 0.3 is 0 Å². The number of rotatable bonds is 7. The molecule has 1 unspecified atom stereocenters. The summed E-state index contributed by atoms with van der Waals surface area (Å²) in [6.07, 6.45) is 3.30. The minimum atomic E-state index is 0.404. The van der Waals surface area contributed by atoms with Crippen molar-refractivity contribution in [2.45, 2.75) is 39.2 Å². The fraction of sp³-hybridized carbons (Fsp3) is 0.368. The van der Waals surface area contributed by atoms with Gasteiger partial charge in [-0.25, -0.2) is 0 Å². The first-order valence-electron chi connectivity index (χ1n) is 7.80. The number of hydrogen-bond donors (Lipinski definition) is 1. The molecule has 112 valence electrons. The molecule has 21 heavy (non-hydrogen) atoms. The van der Waals surface area contributed by atoms with Crippen molar-refractivity contribution in [2.24, 2.45) is 0 Å². The van der Waals surface area contributed by atoms with Gasteiger partial charge in [0.2, 0.25) is 0 Å². The van der Waals surface area contributed by atoms with Crippen LogP contribution in [0.25, 0.3) is 0 Å². The van der Waals surface area contributed by atoms with E-state index in [1.165, 1.54) is 20.3 Å². The standard InChI is InChI=1S/C19H24IN/c1-3-13-21-19(14-15-9-11-17(20)12-10-15)18-8-6-5-7-16(18)4-2/h5-12,19,21H,3-4,13-14H2,1-2H3. The molecule has 1 atom stereocenters. The second-order valence-corrected chi connectivity index (χ2v) is 6.64. The molecular formula is C19H24IN. The van der Waals surface area contributed by atoms with E-state index in [1.54, 1.807) is 0 Å². The largest absolute Gasteiger partial charge is 0.310 e. The molecule has 2 aromatic carbocycles. The predicted octanol–water partition coefficient (Wildman–Crippen LogP) is 5.14. The summed E-state index contributed by atoms with van der Waals surface area (Å²) in [5, 5.41) is 3.72. The van der Waals surface area contributed by atoms with Gasteiger partial charge in [-0.3, -0.25) is 0 Å². The molecule has 0 saturated heterocycles. The summed E-state index contributed by atoms with van der Waals surface area (Å²) in [7, 11) is 0. The summed E-state index contributed by atoms with van der Waals surface area (Å²) in [5.41, 5.74) is 4.30. The van der Waals surface area contributed by atoms with E-state index in [1.807, 2.05) is 0 Å². The van der Waals surface area contributed by atoms with Gasteiger partial charge in [0.25, 0.3) is 0 Å². The van der Waals surface area contributed by atoms with Crippen molar-refractivity contribution in [3.8, 4) is 0 Å². The van der Waals surface area contributed by atoms with E-state index in [-0.39, 0.29) is 0 Å². The van der Waals surface area contributed by atoms with Crippen molar-refractivity contribution < 1.29 is 0 Å². The molecule has 2 heteroatoms. The highest BCUT2D eigenvalue weighted by atomic mass is 127. The Morgan fingerprint density at radius 3 is 2.38 bits per heavy atom. The zero-order chi connectivity index (χ0) is 15.1. The van der Waals surface area contributed by atoms with Crippen molar-refractivity contribution in [3.05, 3.63) is 68.8 Å². The summed E-state index contributed by atoms with van der Waals surface area (Å²) in [4.78, 5) is 0. The molecule has 2 rings (SSSR count). The van der Waals surface area contributed by atoms with Gasteiger partial charge in [-0.1, -0.05) is 50.2 Å². The number of benzene rings is 2. The molecule has 0 aliphatic carbocycles. The van der Waals surface area contributed by atoms with Crippen LogP contribution < -0.4 is 5.32 Å². The third kappa shape index (κ3) is 4.82. The van der Waals surface area contributed by atoms with Crippen molar-refractivity contribution >= 4 is 22.6 Å². The molecule has 1 N–H and O–H groups in total. The predicted molar refractivity (Wildman–Crippen MR) is 99.7 cm³/mol. The fourth-order valence-electron chi connectivity index (χ4n) is 2.66. The average molecular weight is 393 g/mol. The molecule has 1 nitrogen and oxygen atoms in total. The number of hydrogen-bond acceptors (Lipinski definition) is 1. The van der Waals surface area contributed by atoms with E-state index >= 15 is 0 Å². The third-order valence-electron chi connectivity index (χ3n) is 3.81. The van der Waals surface area contributed by atoms with Crippen LogP contribution in [0.5, 0.6) is 0 Å². The summed E-state index contributed by atoms with van der Waals surface area (Å²) < 4.78 is 1.29. The Morgan fingerprint density at radius 2 is 1.71 bits per heavy atom. The smallest absolute Gasteiger partial charge is 0.0363 e. The second-order valence-electron chi connectivity index (χ2n) is 5.39. The lowest BCUT2D eigenvalue weighted by molar-refractivity contribution is 0.526. The highest BCUT2D eigenvalue weighted by Crippen LogP contribution is 2.23. The van der Waals surface area contributed by atoms with Gasteiger partial charge in [-0.15, -0.1) is 0 Å². The molecule has 0 saturated carbocycles. The number of aryl methyl sites for hydroxylation is 1. The minimum Gasteiger partial charge on any atom is -0.310 e. The molecule has 0 aromatic heterocycles. The van der Waals surface area contributed by atoms with Gasteiger partial charge < -0.3 is 5.32 Å².